The Morgan fingerprint density at radius 1 is 1.08 bits per heavy atom. The first kappa shape index (κ1) is 18.5. The van der Waals surface area contributed by atoms with Gasteiger partial charge < -0.3 is 15.3 Å². The number of amides is 1. The first-order chi connectivity index (χ1) is 12.6. The fraction of sp³-hybridized carbons (Fsp3) is 0.381. The fourth-order valence-corrected chi connectivity index (χ4v) is 3.37. The van der Waals surface area contributed by atoms with Gasteiger partial charge in [0.2, 0.25) is 5.91 Å². The lowest BCUT2D eigenvalue weighted by Gasteiger charge is -2.38. The Balaban J connectivity index is 1.41. The van der Waals surface area contributed by atoms with E-state index in [1.165, 1.54) is 6.07 Å². The minimum Gasteiger partial charge on any atom is -0.385 e. The number of carbonyl (C=O) groups is 1. The van der Waals surface area contributed by atoms with Crippen LogP contribution < -0.4 is 5.32 Å². The number of hydrogen-bond donors (Lipinski definition) is 2. The van der Waals surface area contributed by atoms with E-state index in [1.807, 2.05) is 30.3 Å². The summed E-state index contributed by atoms with van der Waals surface area (Å²) in [6.07, 6.45) is 1.69. The molecule has 0 unspecified atom stereocenters. The highest BCUT2D eigenvalue weighted by atomic mass is 19.1. The van der Waals surface area contributed by atoms with Gasteiger partial charge in [-0.3, -0.25) is 4.79 Å². The van der Waals surface area contributed by atoms with Crippen molar-refractivity contribution in [2.24, 2.45) is 0 Å². The van der Waals surface area contributed by atoms with Crippen LogP contribution in [-0.2, 0) is 16.9 Å². The summed E-state index contributed by atoms with van der Waals surface area (Å²) < 4.78 is 13.5. The molecule has 1 aliphatic rings. The smallest absolute Gasteiger partial charge is 0.221 e. The highest BCUT2D eigenvalue weighted by molar-refractivity contribution is 5.76. The Labute approximate surface area is 153 Å². The van der Waals surface area contributed by atoms with Gasteiger partial charge in [-0.15, -0.1) is 0 Å². The average Bonchev–Trinajstić information content (AvgIpc) is 2.68. The molecule has 0 spiro atoms. The molecule has 1 heterocycles. The van der Waals surface area contributed by atoms with Crippen molar-refractivity contribution in [1.82, 2.24) is 10.2 Å². The second-order valence-electron chi connectivity index (χ2n) is 6.86. The number of carbonyl (C=O) groups excluding carboxylic acids is 1. The number of nitrogens with one attached hydrogen (secondary N) is 1. The summed E-state index contributed by atoms with van der Waals surface area (Å²) >= 11 is 0. The Morgan fingerprint density at radius 3 is 2.42 bits per heavy atom. The van der Waals surface area contributed by atoms with Crippen molar-refractivity contribution in [1.29, 1.82) is 0 Å². The molecule has 0 atom stereocenters. The van der Waals surface area contributed by atoms with Crippen LogP contribution >= 0.6 is 0 Å². The molecule has 2 N–H and O–H groups in total. The molecule has 4 nitrogen and oxygen atoms in total. The molecule has 0 bridgehead atoms. The maximum atomic E-state index is 13.5. The predicted molar refractivity (Wildman–Crippen MR) is 98.9 cm³/mol. The van der Waals surface area contributed by atoms with E-state index in [0.717, 1.165) is 18.7 Å². The topological polar surface area (TPSA) is 52.6 Å². The molecule has 0 saturated carbocycles. The molecule has 5 heteroatoms. The third-order valence-electron chi connectivity index (χ3n) is 5.08. The minimum atomic E-state index is -0.773. The van der Waals surface area contributed by atoms with Crippen molar-refractivity contribution in [3.05, 3.63) is 71.5 Å². The van der Waals surface area contributed by atoms with Crippen LogP contribution in [0.5, 0.6) is 0 Å². The maximum Gasteiger partial charge on any atom is 0.221 e. The molecular weight excluding hydrogens is 331 g/mol. The lowest BCUT2D eigenvalue weighted by molar-refractivity contribution is -0.121. The molecule has 26 heavy (non-hydrogen) atoms. The van der Waals surface area contributed by atoms with Gasteiger partial charge in [0.15, 0.2) is 0 Å². The van der Waals surface area contributed by atoms with E-state index in [0.29, 0.717) is 31.4 Å². The van der Waals surface area contributed by atoms with Crippen molar-refractivity contribution in [3.8, 4) is 0 Å². The fourth-order valence-electron chi connectivity index (χ4n) is 3.37. The zero-order chi connectivity index (χ0) is 18.4. The van der Waals surface area contributed by atoms with Gasteiger partial charge in [-0.1, -0.05) is 48.5 Å². The molecule has 3 rings (SSSR count). The molecule has 1 saturated heterocycles. The molecule has 0 aromatic heterocycles. The number of benzene rings is 2. The van der Waals surface area contributed by atoms with Gasteiger partial charge >= 0.3 is 0 Å². The Hall–Kier alpha value is -2.24. The number of nitrogens with zero attached hydrogens (tertiary/aromatic N) is 1. The molecule has 1 amide bonds. The Bertz CT molecular complexity index is 728. The van der Waals surface area contributed by atoms with Gasteiger partial charge in [-0.2, -0.15) is 0 Å². The SMILES string of the molecule is O=C(CCN1CCC(O)(c2ccccc2)CC1)NCc1ccccc1F. The van der Waals surface area contributed by atoms with Crippen LogP contribution in [0.15, 0.2) is 54.6 Å². The highest BCUT2D eigenvalue weighted by Crippen LogP contribution is 2.32. The van der Waals surface area contributed by atoms with Gasteiger partial charge in [-0.25, -0.2) is 4.39 Å². The van der Waals surface area contributed by atoms with Crippen LogP contribution in [0.2, 0.25) is 0 Å². The summed E-state index contributed by atoms with van der Waals surface area (Å²) in [5, 5.41) is 13.6. The summed E-state index contributed by atoms with van der Waals surface area (Å²) in [5.41, 5.74) is 0.680. The average molecular weight is 356 g/mol. The van der Waals surface area contributed by atoms with E-state index >= 15 is 0 Å². The zero-order valence-electron chi connectivity index (χ0n) is 14.8. The van der Waals surface area contributed by atoms with Crippen molar-refractivity contribution < 1.29 is 14.3 Å². The maximum absolute atomic E-state index is 13.5. The van der Waals surface area contributed by atoms with Crippen LogP contribution in [0.25, 0.3) is 0 Å². The second-order valence-corrected chi connectivity index (χ2v) is 6.86. The van der Waals surface area contributed by atoms with Crippen molar-refractivity contribution in [3.63, 3.8) is 0 Å². The molecule has 1 fully saturated rings. The van der Waals surface area contributed by atoms with Crippen LogP contribution in [0, 0.1) is 5.82 Å². The third kappa shape index (κ3) is 4.68. The van der Waals surface area contributed by atoms with Gasteiger partial charge in [0, 0.05) is 38.2 Å². The van der Waals surface area contributed by atoms with Gasteiger partial charge in [0.05, 0.1) is 5.60 Å². The molecule has 2 aromatic carbocycles. The van der Waals surface area contributed by atoms with Gasteiger partial charge in [-0.05, 0) is 24.5 Å². The number of hydrogen-bond acceptors (Lipinski definition) is 3. The summed E-state index contributed by atoms with van der Waals surface area (Å²) in [4.78, 5) is 14.2. The molecule has 2 aromatic rings. The molecule has 0 aliphatic carbocycles. The van der Waals surface area contributed by atoms with Gasteiger partial charge in [0.1, 0.15) is 5.82 Å². The number of rotatable bonds is 6. The summed E-state index contributed by atoms with van der Waals surface area (Å²) in [7, 11) is 0. The minimum absolute atomic E-state index is 0.0860. The van der Waals surface area contributed by atoms with E-state index in [9.17, 15) is 14.3 Å². The van der Waals surface area contributed by atoms with Crippen molar-refractivity contribution in [2.45, 2.75) is 31.4 Å². The first-order valence-corrected chi connectivity index (χ1v) is 9.07. The van der Waals surface area contributed by atoms with E-state index in [1.54, 1.807) is 18.2 Å². The van der Waals surface area contributed by atoms with Crippen molar-refractivity contribution in [2.75, 3.05) is 19.6 Å². The Kier molecular flexibility index (Phi) is 6.01. The number of aliphatic hydroxyl groups is 1. The quantitative estimate of drug-likeness (QED) is 0.837. The second kappa shape index (κ2) is 8.43. The summed E-state index contributed by atoms with van der Waals surface area (Å²) in [6.45, 7) is 2.37. The lowest BCUT2D eigenvalue weighted by Crippen LogP contribution is -2.43. The van der Waals surface area contributed by atoms with E-state index < -0.39 is 5.60 Å². The van der Waals surface area contributed by atoms with E-state index in [-0.39, 0.29) is 18.3 Å². The van der Waals surface area contributed by atoms with E-state index in [2.05, 4.69) is 10.2 Å². The molecule has 0 radical (unpaired) electrons. The third-order valence-corrected chi connectivity index (χ3v) is 5.08. The zero-order valence-corrected chi connectivity index (χ0v) is 14.8. The summed E-state index contributed by atoms with van der Waals surface area (Å²) in [5.74, 6) is -0.388. The van der Waals surface area contributed by atoms with Crippen LogP contribution in [0.4, 0.5) is 4.39 Å². The van der Waals surface area contributed by atoms with Crippen LogP contribution in [0.3, 0.4) is 0 Å². The van der Waals surface area contributed by atoms with Crippen LogP contribution in [0.1, 0.15) is 30.4 Å². The molecule has 1 aliphatic heterocycles. The molecular formula is C21H25FN2O2. The van der Waals surface area contributed by atoms with Gasteiger partial charge in [0.25, 0.3) is 0 Å². The Morgan fingerprint density at radius 2 is 1.73 bits per heavy atom. The standard InChI is InChI=1S/C21H25FN2O2/c22-19-9-5-4-6-17(19)16-23-20(25)10-13-24-14-11-21(26,12-15-24)18-7-2-1-3-8-18/h1-9,26H,10-16H2,(H,23,25). The summed E-state index contributed by atoms with van der Waals surface area (Å²) in [6, 6.07) is 16.2. The number of likely N-dealkylation sites (tertiary alicyclic amines) is 1. The predicted octanol–water partition coefficient (Wildman–Crippen LogP) is 2.82. The number of piperidine rings is 1. The van der Waals surface area contributed by atoms with Crippen LogP contribution in [-0.4, -0.2) is 35.5 Å². The highest BCUT2D eigenvalue weighted by Gasteiger charge is 2.33. The van der Waals surface area contributed by atoms with E-state index in [4.69, 9.17) is 0 Å². The largest absolute Gasteiger partial charge is 0.385 e. The number of halogens is 1. The monoisotopic (exact) mass is 356 g/mol. The first-order valence-electron chi connectivity index (χ1n) is 9.07. The lowest BCUT2D eigenvalue weighted by atomic mass is 9.84. The molecule has 138 valence electrons. The van der Waals surface area contributed by atoms with Crippen molar-refractivity contribution >= 4 is 5.91 Å². The normalized spacial score (nSPS) is 17.0.